The number of methoxy groups -OCH3 is 1. The fourth-order valence-corrected chi connectivity index (χ4v) is 3.45. The van der Waals surface area contributed by atoms with Crippen LogP contribution < -0.4 is 5.32 Å². The van der Waals surface area contributed by atoms with Gasteiger partial charge in [-0.15, -0.1) is 11.3 Å². The molecule has 2 aromatic heterocycles. The molecular weight excluding hydrogens is 300 g/mol. The molecule has 6 nitrogen and oxygen atoms in total. The molecule has 1 aliphatic rings. The van der Waals surface area contributed by atoms with Crippen LogP contribution in [0, 0.1) is 0 Å². The number of carbonyl (C=O) groups excluding carboxylic acids is 1. The van der Waals surface area contributed by atoms with E-state index in [1.807, 2.05) is 17.5 Å². The maximum atomic E-state index is 12.1. The third-order valence-corrected chi connectivity index (χ3v) is 4.71. The summed E-state index contributed by atoms with van der Waals surface area (Å²) in [5.74, 6) is 0.574. The number of nitrogens with one attached hydrogen (secondary N) is 1. The summed E-state index contributed by atoms with van der Waals surface area (Å²) in [4.78, 5) is 15.8. The topological polar surface area (TPSA) is 59.4 Å². The van der Waals surface area contributed by atoms with Gasteiger partial charge in [-0.05, 0) is 23.4 Å². The number of hydrogen-bond acceptors (Lipinski definition) is 5. The Morgan fingerprint density at radius 1 is 1.50 bits per heavy atom. The molecule has 0 atom stereocenters. The Balaban J connectivity index is 1.49. The van der Waals surface area contributed by atoms with Crippen molar-refractivity contribution in [3.05, 3.63) is 34.2 Å². The number of fused-ring (bicyclic) bond motifs is 1. The molecule has 1 N–H and O–H groups in total. The Morgan fingerprint density at radius 3 is 3.27 bits per heavy atom. The summed E-state index contributed by atoms with van der Waals surface area (Å²) in [6, 6.07) is 3.96. The molecule has 0 saturated heterocycles. The number of carbonyl (C=O) groups is 1. The van der Waals surface area contributed by atoms with Gasteiger partial charge in [-0.25, -0.2) is 0 Å². The first-order valence-electron chi connectivity index (χ1n) is 7.34. The van der Waals surface area contributed by atoms with Crippen LogP contribution in [-0.2, 0) is 29.0 Å². The molecular formula is C15H20N4O2S. The van der Waals surface area contributed by atoms with Crippen LogP contribution in [-0.4, -0.2) is 47.4 Å². The van der Waals surface area contributed by atoms with Crippen LogP contribution in [0.3, 0.4) is 0 Å². The Morgan fingerprint density at radius 2 is 2.41 bits per heavy atom. The van der Waals surface area contributed by atoms with Crippen molar-refractivity contribution in [3.8, 4) is 0 Å². The van der Waals surface area contributed by atoms with Gasteiger partial charge in [0.2, 0.25) is 5.91 Å². The van der Waals surface area contributed by atoms with E-state index in [-0.39, 0.29) is 5.91 Å². The van der Waals surface area contributed by atoms with Crippen molar-refractivity contribution in [2.75, 3.05) is 32.1 Å². The summed E-state index contributed by atoms with van der Waals surface area (Å²) in [7, 11) is 1.66. The van der Waals surface area contributed by atoms with Gasteiger partial charge in [0, 0.05) is 37.3 Å². The molecule has 3 heterocycles. The molecule has 1 aliphatic heterocycles. The van der Waals surface area contributed by atoms with Gasteiger partial charge < -0.3 is 10.1 Å². The average molecular weight is 320 g/mol. The van der Waals surface area contributed by atoms with Crippen LogP contribution in [0.15, 0.2) is 23.7 Å². The molecule has 0 aliphatic carbocycles. The lowest BCUT2D eigenvalue weighted by atomic mass is 10.1. The van der Waals surface area contributed by atoms with E-state index in [2.05, 4.69) is 26.8 Å². The molecule has 0 fully saturated rings. The van der Waals surface area contributed by atoms with E-state index in [0.717, 1.165) is 19.5 Å². The zero-order chi connectivity index (χ0) is 15.4. The maximum absolute atomic E-state index is 12.1. The largest absolute Gasteiger partial charge is 0.383 e. The Kier molecular flexibility index (Phi) is 4.87. The fourth-order valence-electron chi connectivity index (χ4n) is 2.57. The lowest BCUT2D eigenvalue weighted by Crippen LogP contribution is -2.36. The van der Waals surface area contributed by atoms with E-state index in [1.54, 1.807) is 17.9 Å². The highest BCUT2D eigenvalue weighted by Crippen LogP contribution is 2.23. The summed E-state index contributed by atoms with van der Waals surface area (Å²) in [6.45, 7) is 3.48. The maximum Gasteiger partial charge on any atom is 0.239 e. The first kappa shape index (κ1) is 15.2. The van der Waals surface area contributed by atoms with Gasteiger partial charge in [0.1, 0.15) is 0 Å². The second-order valence-electron chi connectivity index (χ2n) is 5.33. The second-order valence-corrected chi connectivity index (χ2v) is 6.34. The van der Waals surface area contributed by atoms with E-state index in [1.165, 1.54) is 10.4 Å². The molecule has 2 aromatic rings. The standard InChI is InChI=1S/C15H20N4O2S/c1-21-8-7-19-6-3-14(17-19)16-15(20)11-18-5-2-13-12(10-18)4-9-22-13/h3-4,6,9H,2,5,7-8,10-11H2,1H3,(H,16,17,20). The third-order valence-electron chi connectivity index (χ3n) is 3.69. The van der Waals surface area contributed by atoms with E-state index in [9.17, 15) is 4.79 Å². The molecule has 0 unspecified atom stereocenters. The first-order valence-corrected chi connectivity index (χ1v) is 8.22. The number of aromatic nitrogens is 2. The van der Waals surface area contributed by atoms with Crippen molar-refractivity contribution < 1.29 is 9.53 Å². The number of ether oxygens (including phenoxy) is 1. The van der Waals surface area contributed by atoms with Crippen molar-refractivity contribution in [2.24, 2.45) is 0 Å². The third kappa shape index (κ3) is 3.73. The molecule has 7 heteroatoms. The SMILES string of the molecule is COCCn1ccc(NC(=O)CN2CCc3sccc3C2)n1. The highest BCUT2D eigenvalue weighted by atomic mass is 32.1. The van der Waals surface area contributed by atoms with Crippen LogP contribution in [0.1, 0.15) is 10.4 Å². The monoisotopic (exact) mass is 320 g/mol. The van der Waals surface area contributed by atoms with Crippen molar-refractivity contribution in [2.45, 2.75) is 19.5 Å². The van der Waals surface area contributed by atoms with E-state index >= 15 is 0 Å². The molecule has 0 radical (unpaired) electrons. The summed E-state index contributed by atoms with van der Waals surface area (Å²) >= 11 is 1.81. The van der Waals surface area contributed by atoms with Crippen LogP contribution in [0.2, 0.25) is 0 Å². The normalized spacial score (nSPS) is 14.8. The van der Waals surface area contributed by atoms with Crippen molar-refractivity contribution in [3.63, 3.8) is 0 Å². The summed E-state index contributed by atoms with van der Waals surface area (Å²) in [5.41, 5.74) is 1.35. The minimum Gasteiger partial charge on any atom is -0.383 e. The van der Waals surface area contributed by atoms with Crippen LogP contribution in [0.5, 0.6) is 0 Å². The number of hydrogen-bond donors (Lipinski definition) is 1. The molecule has 1 amide bonds. The molecule has 3 rings (SSSR count). The predicted octanol–water partition coefficient (Wildman–Crippen LogP) is 1.59. The van der Waals surface area contributed by atoms with Gasteiger partial charge in [0.05, 0.1) is 19.7 Å². The summed E-state index contributed by atoms with van der Waals surface area (Å²) < 4.78 is 6.77. The quantitative estimate of drug-likeness (QED) is 0.878. The highest BCUT2D eigenvalue weighted by Gasteiger charge is 2.19. The average Bonchev–Trinajstić information content (AvgIpc) is 3.13. The van der Waals surface area contributed by atoms with Gasteiger partial charge in [-0.1, -0.05) is 0 Å². The second kappa shape index (κ2) is 7.04. The number of rotatable bonds is 6. The molecule has 0 aromatic carbocycles. The van der Waals surface area contributed by atoms with Crippen molar-refractivity contribution in [1.82, 2.24) is 14.7 Å². The zero-order valence-electron chi connectivity index (χ0n) is 12.6. The lowest BCUT2D eigenvalue weighted by Gasteiger charge is -2.25. The minimum absolute atomic E-state index is 0.0179. The Labute approximate surface area is 133 Å². The molecule has 22 heavy (non-hydrogen) atoms. The lowest BCUT2D eigenvalue weighted by molar-refractivity contribution is -0.117. The molecule has 0 saturated carbocycles. The van der Waals surface area contributed by atoms with E-state index in [4.69, 9.17) is 4.74 Å². The summed E-state index contributed by atoms with van der Waals surface area (Å²) in [6.07, 6.45) is 2.87. The summed E-state index contributed by atoms with van der Waals surface area (Å²) in [5, 5.41) is 9.28. The van der Waals surface area contributed by atoms with Gasteiger partial charge in [-0.3, -0.25) is 14.4 Å². The Bertz CT molecular complexity index is 637. The van der Waals surface area contributed by atoms with E-state index in [0.29, 0.717) is 25.5 Å². The fraction of sp³-hybridized carbons (Fsp3) is 0.467. The minimum atomic E-state index is -0.0179. The zero-order valence-corrected chi connectivity index (χ0v) is 13.4. The number of thiophene rings is 1. The highest BCUT2D eigenvalue weighted by molar-refractivity contribution is 7.10. The van der Waals surface area contributed by atoms with Gasteiger partial charge in [-0.2, -0.15) is 5.10 Å². The Hall–Kier alpha value is -1.70. The van der Waals surface area contributed by atoms with Gasteiger partial charge in [0.25, 0.3) is 0 Å². The predicted molar refractivity (Wildman–Crippen MR) is 86.0 cm³/mol. The smallest absolute Gasteiger partial charge is 0.239 e. The molecule has 118 valence electrons. The number of nitrogens with zero attached hydrogens (tertiary/aromatic N) is 3. The van der Waals surface area contributed by atoms with Crippen LogP contribution >= 0.6 is 11.3 Å². The number of anilines is 1. The van der Waals surface area contributed by atoms with E-state index < -0.39 is 0 Å². The molecule has 0 bridgehead atoms. The number of amides is 1. The van der Waals surface area contributed by atoms with Crippen LogP contribution in [0.25, 0.3) is 0 Å². The first-order chi connectivity index (χ1) is 10.7. The van der Waals surface area contributed by atoms with Gasteiger partial charge in [0.15, 0.2) is 5.82 Å². The van der Waals surface area contributed by atoms with Gasteiger partial charge >= 0.3 is 0 Å². The van der Waals surface area contributed by atoms with Crippen LogP contribution in [0.4, 0.5) is 5.82 Å². The van der Waals surface area contributed by atoms with Crippen molar-refractivity contribution >= 4 is 23.1 Å². The van der Waals surface area contributed by atoms with Crippen molar-refractivity contribution in [1.29, 1.82) is 0 Å². The molecule has 0 spiro atoms.